The fourth-order valence-corrected chi connectivity index (χ4v) is 4.45. The van der Waals surface area contributed by atoms with E-state index in [1.807, 2.05) is 19.1 Å². The van der Waals surface area contributed by atoms with Gasteiger partial charge in [-0.2, -0.15) is 0 Å². The van der Waals surface area contributed by atoms with Gasteiger partial charge in [-0.15, -0.1) is 0 Å². The van der Waals surface area contributed by atoms with Gasteiger partial charge in [0.2, 0.25) is 0 Å². The molecule has 2 aromatic rings. The van der Waals surface area contributed by atoms with E-state index in [1.165, 1.54) is 11.1 Å². The maximum absolute atomic E-state index is 13.8. The van der Waals surface area contributed by atoms with Crippen LogP contribution in [0.25, 0.3) is 11.1 Å². The van der Waals surface area contributed by atoms with Crippen molar-refractivity contribution in [2.45, 2.75) is 59.9 Å². The van der Waals surface area contributed by atoms with Crippen LogP contribution in [0.5, 0.6) is 0 Å². The van der Waals surface area contributed by atoms with E-state index >= 15 is 0 Å². The summed E-state index contributed by atoms with van der Waals surface area (Å²) in [5, 5.41) is 0.121. The maximum Gasteiger partial charge on any atom is 0.265 e. The van der Waals surface area contributed by atoms with Gasteiger partial charge < -0.3 is 4.90 Å². The van der Waals surface area contributed by atoms with Crippen molar-refractivity contribution in [3.63, 3.8) is 0 Å². The summed E-state index contributed by atoms with van der Waals surface area (Å²) in [5.41, 5.74) is 5.90. The van der Waals surface area contributed by atoms with E-state index < -0.39 is 6.43 Å². The third kappa shape index (κ3) is 5.01. The van der Waals surface area contributed by atoms with Crippen LogP contribution in [0.2, 0.25) is 5.02 Å². The Morgan fingerprint density at radius 2 is 1.90 bits per heavy atom. The Kier molecular flexibility index (Phi) is 6.38. The van der Waals surface area contributed by atoms with E-state index in [0.717, 1.165) is 49.2 Å². The molecule has 0 amide bonds. The van der Waals surface area contributed by atoms with E-state index in [2.05, 4.69) is 44.4 Å². The van der Waals surface area contributed by atoms with Gasteiger partial charge in [-0.3, -0.25) is 0 Å². The van der Waals surface area contributed by atoms with Crippen molar-refractivity contribution in [2.24, 2.45) is 5.41 Å². The van der Waals surface area contributed by atoms with E-state index in [-0.39, 0.29) is 16.0 Å². The summed E-state index contributed by atoms with van der Waals surface area (Å²) in [6, 6.07) is 9.50. The minimum Gasteiger partial charge on any atom is -0.371 e. The van der Waals surface area contributed by atoms with Gasteiger partial charge in [0, 0.05) is 24.4 Å². The normalized spacial score (nSPS) is 14.7. The number of allylic oxidation sites excluding steroid dienone is 1. The number of alkyl halides is 2. The molecule has 0 aliphatic carbocycles. The molecule has 2 aromatic carbocycles. The van der Waals surface area contributed by atoms with E-state index in [0.29, 0.717) is 5.56 Å². The second-order valence-electron chi connectivity index (χ2n) is 9.27. The van der Waals surface area contributed by atoms with Crippen molar-refractivity contribution < 1.29 is 8.78 Å². The Bertz CT molecular complexity index is 912. The molecule has 0 bridgehead atoms. The number of hydrogen-bond acceptors (Lipinski definition) is 1. The first-order valence-corrected chi connectivity index (χ1v) is 10.6. The molecule has 0 unspecified atom stereocenters. The number of hydrogen-bond donors (Lipinski definition) is 0. The lowest BCUT2D eigenvalue weighted by Gasteiger charge is -2.30. The lowest BCUT2D eigenvalue weighted by atomic mass is 9.90. The molecule has 0 atom stereocenters. The van der Waals surface area contributed by atoms with Crippen LogP contribution in [0.1, 0.15) is 62.3 Å². The predicted octanol–water partition coefficient (Wildman–Crippen LogP) is 7.95. The molecule has 0 saturated heterocycles. The average Bonchev–Trinajstić information content (AvgIpc) is 2.83. The SMILES string of the molecule is C=C(CC(C)(C)C)N1CCCc2ccc(-c3c(C)ccc(Cl)c3C(F)F)cc2C1. The van der Waals surface area contributed by atoms with Crippen molar-refractivity contribution in [1.82, 2.24) is 4.90 Å². The van der Waals surface area contributed by atoms with Gasteiger partial charge in [0.05, 0.1) is 5.02 Å². The molecule has 0 radical (unpaired) electrons. The molecule has 0 fully saturated rings. The van der Waals surface area contributed by atoms with Crippen molar-refractivity contribution in [1.29, 1.82) is 0 Å². The summed E-state index contributed by atoms with van der Waals surface area (Å²) < 4.78 is 27.6. The number of benzene rings is 2. The van der Waals surface area contributed by atoms with Gasteiger partial charge in [-0.05, 0) is 71.6 Å². The van der Waals surface area contributed by atoms with Crippen molar-refractivity contribution in [2.75, 3.05) is 6.54 Å². The van der Waals surface area contributed by atoms with Gasteiger partial charge in [0.1, 0.15) is 0 Å². The van der Waals surface area contributed by atoms with E-state index in [9.17, 15) is 8.78 Å². The van der Waals surface area contributed by atoms with Crippen LogP contribution < -0.4 is 0 Å². The molecule has 4 heteroatoms. The summed E-state index contributed by atoms with van der Waals surface area (Å²) in [7, 11) is 0. The van der Waals surface area contributed by atoms with Gasteiger partial charge in [-0.25, -0.2) is 8.78 Å². The smallest absolute Gasteiger partial charge is 0.265 e. The molecular weight excluding hydrogens is 388 g/mol. The highest BCUT2D eigenvalue weighted by Crippen LogP contribution is 2.40. The Morgan fingerprint density at radius 1 is 1.17 bits per heavy atom. The first-order valence-electron chi connectivity index (χ1n) is 10.2. The Morgan fingerprint density at radius 3 is 2.55 bits per heavy atom. The zero-order chi connectivity index (χ0) is 21.3. The zero-order valence-corrected chi connectivity index (χ0v) is 18.5. The molecule has 1 nitrogen and oxygen atoms in total. The van der Waals surface area contributed by atoms with Gasteiger partial charge in [-0.1, -0.05) is 57.2 Å². The highest BCUT2D eigenvalue weighted by molar-refractivity contribution is 6.31. The predicted molar refractivity (Wildman–Crippen MR) is 119 cm³/mol. The van der Waals surface area contributed by atoms with E-state index in [4.69, 9.17) is 11.6 Å². The lowest BCUT2D eigenvalue weighted by Crippen LogP contribution is -2.25. The minimum atomic E-state index is -2.61. The molecule has 1 heterocycles. The Hall–Kier alpha value is -1.87. The van der Waals surface area contributed by atoms with Gasteiger partial charge in [0.15, 0.2) is 0 Å². The average molecular weight is 418 g/mol. The van der Waals surface area contributed by atoms with Crippen molar-refractivity contribution in [3.8, 4) is 11.1 Å². The Balaban J connectivity index is 2.00. The molecule has 29 heavy (non-hydrogen) atoms. The quantitative estimate of drug-likeness (QED) is 0.487. The summed E-state index contributed by atoms with van der Waals surface area (Å²) >= 11 is 6.14. The zero-order valence-electron chi connectivity index (χ0n) is 17.8. The van der Waals surface area contributed by atoms with Gasteiger partial charge >= 0.3 is 0 Å². The third-order valence-corrected chi connectivity index (χ3v) is 5.86. The van der Waals surface area contributed by atoms with Crippen LogP contribution in [0.15, 0.2) is 42.6 Å². The number of aryl methyl sites for hydroxylation is 2. The highest BCUT2D eigenvalue weighted by Gasteiger charge is 2.23. The van der Waals surface area contributed by atoms with Gasteiger partial charge in [0.25, 0.3) is 6.43 Å². The number of halogens is 3. The molecule has 156 valence electrons. The number of fused-ring (bicyclic) bond motifs is 1. The molecule has 1 aliphatic heterocycles. The standard InChI is InChI=1S/C25H30ClF2N/c1-16-8-11-21(26)23(24(27)28)22(16)19-10-9-18-7-6-12-29(15-20(18)13-19)17(2)14-25(3,4)5/h8-11,13,24H,2,6-7,12,14-15H2,1,3-5H3. The van der Waals surface area contributed by atoms with Crippen LogP contribution in [0.3, 0.4) is 0 Å². The monoisotopic (exact) mass is 417 g/mol. The molecule has 1 aliphatic rings. The fourth-order valence-electron chi connectivity index (χ4n) is 4.21. The molecular formula is C25H30ClF2N. The molecule has 0 spiro atoms. The molecule has 0 saturated carbocycles. The van der Waals surface area contributed by atoms with Crippen molar-refractivity contribution in [3.05, 3.63) is 69.9 Å². The van der Waals surface area contributed by atoms with Crippen LogP contribution in [0, 0.1) is 12.3 Å². The largest absolute Gasteiger partial charge is 0.371 e. The summed E-state index contributed by atoms with van der Waals surface area (Å²) in [5.74, 6) is 0. The lowest BCUT2D eigenvalue weighted by molar-refractivity contribution is 0.152. The summed E-state index contributed by atoms with van der Waals surface area (Å²) in [4.78, 5) is 2.35. The van der Waals surface area contributed by atoms with E-state index in [1.54, 1.807) is 6.07 Å². The topological polar surface area (TPSA) is 3.24 Å². The molecule has 0 aromatic heterocycles. The second kappa shape index (κ2) is 8.47. The second-order valence-corrected chi connectivity index (χ2v) is 9.67. The van der Waals surface area contributed by atoms with Crippen molar-refractivity contribution >= 4 is 11.6 Å². The Labute approximate surface area is 178 Å². The fraction of sp³-hybridized carbons (Fsp3) is 0.440. The molecule has 0 N–H and O–H groups in total. The first kappa shape index (κ1) is 21.8. The van der Waals surface area contributed by atoms with Crippen LogP contribution in [-0.4, -0.2) is 11.4 Å². The number of rotatable bonds is 4. The van der Waals surface area contributed by atoms with Crippen LogP contribution in [-0.2, 0) is 13.0 Å². The maximum atomic E-state index is 13.8. The first-order chi connectivity index (χ1) is 13.6. The highest BCUT2D eigenvalue weighted by atomic mass is 35.5. The third-order valence-electron chi connectivity index (χ3n) is 5.53. The molecule has 3 rings (SSSR count). The van der Waals surface area contributed by atoms with Crippen LogP contribution >= 0.6 is 11.6 Å². The van der Waals surface area contributed by atoms with Crippen LogP contribution in [0.4, 0.5) is 8.78 Å². The summed E-state index contributed by atoms with van der Waals surface area (Å²) in [6.07, 6.45) is 0.378. The minimum absolute atomic E-state index is 0.0748. The summed E-state index contributed by atoms with van der Waals surface area (Å²) in [6.45, 7) is 14.6. The number of nitrogens with zero attached hydrogens (tertiary/aromatic N) is 1.